The maximum atomic E-state index is 5.93. The van der Waals surface area contributed by atoms with Gasteiger partial charge < -0.3 is 5.32 Å². The first kappa shape index (κ1) is 11.0. The summed E-state index contributed by atoms with van der Waals surface area (Å²) in [5.74, 6) is 0. The Balaban J connectivity index is 1.78. The molecule has 2 heteroatoms. The predicted octanol–water partition coefficient (Wildman–Crippen LogP) is 3.62. The van der Waals surface area contributed by atoms with Crippen molar-refractivity contribution in [3.8, 4) is 0 Å². The highest BCUT2D eigenvalue weighted by Gasteiger charge is 2.39. The summed E-state index contributed by atoms with van der Waals surface area (Å²) in [6.07, 6.45) is 4.09. The standard InChI is InChI=1S/C13H18ClN/c1-2-13(6-7-13)10-15-9-11-4-3-5-12(14)8-11/h3-5,8,15H,2,6-7,9-10H2,1H3. The number of nitrogens with one attached hydrogen (secondary N) is 1. The average Bonchev–Trinajstić information content (AvgIpc) is 2.99. The van der Waals surface area contributed by atoms with Crippen molar-refractivity contribution in [1.82, 2.24) is 5.32 Å². The molecule has 0 amide bonds. The van der Waals surface area contributed by atoms with E-state index in [1.165, 1.54) is 24.8 Å². The van der Waals surface area contributed by atoms with Crippen LogP contribution in [0.1, 0.15) is 31.7 Å². The second-order valence-electron chi connectivity index (χ2n) is 4.59. The van der Waals surface area contributed by atoms with Gasteiger partial charge in [-0.05, 0) is 42.4 Å². The molecule has 82 valence electrons. The summed E-state index contributed by atoms with van der Waals surface area (Å²) in [6, 6.07) is 8.07. The second kappa shape index (κ2) is 4.54. The molecule has 1 N–H and O–H groups in total. The van der Waals surface area contributed by atoms with Gasteiger partial charge in [0.25, 0.3) is 0 Å². The third-order valence-corrected chi connectivity index (χ3v) is 3.66. The molecule has 0 bridgehead atoms. The first-order valence-electron chi connectivity index (χ1n) is 5.69. The van der Waals surface area contributed by atoms with Crippen molar-refractivity contribution in [2.24, 2.45) is 5.41 Å². The van der Waals surface area contributed by atoms with E-state index in [1.54, 1.807) is 0 Å². The Morgan fingerprint density at radius 1 is 1.40 bits per heavy atom. The van der Waals surface area contributed by atoms with Crippen LogP contribution < -0.4 is 5.32 Å². The van der Waals surface area contributed by atoms with E-state index >= 15 is 0 Å². The molecule has 1 nitrogen and oxygen atoms in total. The molecule has 1 aliphatic rings. The second-order valence-corrected chi connectivity index (χ2v) is 5.02. The number of hydrogen-bond donors (Lipinski definition) is 1. The Hall–Kier alpha value is -0.530. The fourth-order valence-electron chi connectivity index (χ4n) is 1.95. The Morgan fingerprint density at radius 3 is 2.80 bits per heavy atom. The zero-order chi connectivity index (χ0) is 10.7. The molecule has 0 aliphatic heterocycles. The van der Waals surface area contributed by atoms with E-state index in [2.05, 4.69) is 18.3 Å². The lowest BCUT2D eigenvalue weighted by Gasteiger charge is -2.13. The monoisotopic (exact) mass is 223 g/mol. The minimum absolute atomic E-state index is 0.624. The third kappa shape index (κ3) is 2.96. The normalized spacial score (nSPS) is 17.7. The van der Waals surface area contributed by atoms with E-state index in [-0.39, 0.29) is 0 Å². The van der Waals surface area contributed by atoms with Crippen LogP contribution in [0.4, 0.5) is 0 Å². The van der Waals surface area contributed by atoms with Gasteiger partial charge in [0.1, 0.15) is 0 Å². The number of hydrogen-bond acceptors (Lipinski definition) is 1. The van der Waals surface area contributed by atoms with Gasteiger partial charge in [0, 0.05) is 18.1 Å². The van der Waals surface area contributed by atoms with Crippen LogP contribution in [0.3, 0.4) is 0 Å². The largest absolute Gasteiger partial charge is 0.312 e. The van der Waals surface area contributed by atoms with Crippen LogP contribution in [0.5, 0.6) is 0 Å². The van der Waals surface area contributed by atoms with Crippen LogP contribution in [0.25, 0.3) is 0 Å². The molecule has 0 radical (unpaired) electrons. The smallest absolute Gasteiger partial charge is 0.0409 e. The first-order valence-corrected chi connectivity index (χ1v) is 6.07. The van der Waals surface area contributed by atoms with Crippen LogP contribution in [0, 0.1) is 5.41 Å². The highest BCUT2D eigenvalue weighted by atomic mass is 35.5. The van der Waals surface area contributed by atoms with Gasteiger partial charge in [-0.1, -0.05) is 30.7 Å². The SMILES string of the molecule is CCC1(CNCc2cccc(Cl)c2)CC1. The van der Waals surface area contributed by atoms with Crippen molar-refractivity contribution >= 4 is 11.6 Å². The van der Waals surface area contributed by atoms with Crippen LogP contribution in [0.2, 0.25) is 5.02 Å². The Labute approximate surface area is 96.8 Å². The van der Waals surface area contributed by atoms with E-state index in [1.807, 2.05) is 18.2 Å². The van der Waals surface area contributed by atoms with Crippen LogP contribution in [-0.2, 0) is 6.54 Å². The van der Waals surface area contributed by atoms with Crippen LogP contribution >= 0.6 is 11.6 Å². The van der Waals surface area contributed by atoms with Crippen LogP contribution in [-0.4, -0.2) is 6.54 Å². The quantitative estimate of drug-likeness (QED) is 0.804. The lowest BCUT2D eigenvalue weighted by atomic mass is 10.0. The van der Waals surface area contributed by atoms with Crippen molar-refractivity contribution in [1.29, 1.82) is 0 Å². The molecule has 0 atom stereocenters. The molecule has 0 heterocycles. The van der Waals surface area contributed by atoms with E-state index in [0.717, 1.165) is 18.1 Å². The number of halogens is 1. The zero-order valence-corrected chi connectivity index (χ0v) is 9.98. The molecule has 1 saturated carbocycles. The summed E-state index contributed by atoms with van der Waals surface area (Å²) in [5, 5.41) is 4.35. The summed E-state index contributed by atoms with van der Waals surface area (Å²) < 4.78 is 0. The molecule has 0 aromatic heterocycles. The summed E-state index contributed by atoms with van der Waals surface area (Å²) in [7, 11) is 0. The van der Waals surface area contributed by atoms with Gasteiger partial charge in [-0.15, -0.1) is 0 Å². The molecule has 0 unspecified atom stereocenters. The highest BCUT2D eigenvalue weighted by Crippen LogP contribution is 2.47. The van der Waals surface area contributed by atoms with Crippen molar-refractivity contribution in [3.05, 3.63) is 34.9 Å². The van der Waals surface area contributed by atoms with Gasteiger partial charge in [0.15, 0.2) is 0 Å². The predicted molar refractivity (Wildman–Crippen MR) is 65.1 cm³/mol. The van der Waals surface area contributed by atoms with Crippen LogP contribution in [0.15, 0.2) is 24.3 Å². The van der Waals surface area contributed by atoms with E-state index in [9.17, 15) is 0 Å². The molecular weight excluding hydrogens is 206 g/mol. The Bertz CT molecular complexity index is 331. The van der Waals surface area contributed by atoms with Gasteiger partial charge in [-0.3, -0.25) is 0 Å². The van der Waals surface area contributed by atoms with Crippen molar-refractivity contribution < 1.29 is 0 Å². The Kier molecular flexibility index (Phi) is 3.32. The van der Waals surface area contributed by atoms with Gasteiger partial charge in [0.2, 0.25) is 0 Å². The lowest BCUT2D eigenvalue weighted by Crippen LogP contribution is -2.23. The van der Waals surface area contributed by atoms with E-state index < -0.39 is 0 Å². The summed E-state index contributed by atoms with van der Waals surface area (Å²) in [5.41, 5.74) is 1.90. The molecule has 1 aromatic rings. The molecule has 1 fully saturated rings. The lowest BCUT2D eigenvalue weighted by molar-refractivity contribution is 0.443. The van der Waals surface area contributed by atoms with E-state index in [0.29, 0.717) is 5.41 Å². The maximum absolute atomic E-state index is 5.93. The van der Waals surface area contributed by atoms with Gasteiger partial charge in [-0.2, -0.15) is 0 Å². The molecule has 15 heavy (non-hydrogen) atoms. The van der Waals surface area contributed by atoms with Crippen molar-refractivity contribution in [3.63, 3.8) is 0 Å². The van der Waals surface area contributed by atoms with Crippen molar-refractivity contribution in [2.45, 2.75) is 32.7 Å². The molecule has 1 aliphatic carbocycles. The van der Waals surface area contributed by atoms with Gasteiger partial charge >= 0.3 is 0 Å². The summed E-state index contributed by atoms with van der Waals surface area (Å²) in [4.78, 5) is 0. The highest BCUT2D eigenvalue weighted by molar-refractivity contribution is 6.30. The van der Waals surface area contributed by atoms with Crippen molar-refractivity contribution in [2.75, 3.05) is 6.54 Å². The minimum atomic E-state index is 0.624. The molecular formula is C13H18ClN. The summed E-state index contributed by atoms with van der Waals surface area (Å²) in [6.45, 7) is 4.37. The average molecular weight is 224 g/mol. The number of benzene rings is 1. The Morgan fingerprint density at radius 2 is 2.20 bits per heavy atom. The summed E-state index contributed by atoms with van der Waals surface area (Å²) >= 11 is 5.93. The minimum Gasteiger partial charge on any atom is -0.312 e. The van der Waals surface area contributed by atoms with Gasteiger partial charge in [-0.25, -0.2) is 0 Å². The van der Waals surface area contributed by atoms with E-state index in [4.69, 9.17) is 11.6 Å². The molecule has 1 aromatic carbocycles. The van der Waals surface area contributed by atoms with Gasteiger partial charge in [0.05, 0.1) is 0 Å². The third-order valence-electron chi connectivity index (χ3n) is 3.43. The first-order chi connectivity index (χ1) is 7.24. The fourth-order valence-corrected chi connectivity index (χ4v) is 2.16. The fraction of sp³-hybridized carbons (Fsp3) is 0.538. The number of rotatable bonds is 5. The topological polar surface area (TPSA) is 12.0 Å². The maximum Gasteiger partial charge on any atom is 0.0409 e. The molecule has 2 rings (SSSR count). The zero-order valence-electron chi connectivity index (χ0n) is 9.22. The molecule has 0 saturated heterocycles. The molecule has 0 spiro atoms.